The lowest BCUT2D eigenvalue weighted by atomic mass is 10.1. The predicted octanol–water partition coefficient (Wildman–Crippen LogP) is 4.72. The zero-order chi connectivity index (χ0) is 15.3. The Hall–Kier alpha value is -1.46. The molecule has 0 saturated heterocycles. The summed E-state index contributed by atoms with van der Waals surface area (Å²) < 4.78 is 37.9. The molecule has 5 heteroatoms. The molecule has 0 radical (unpaired) electrons. The average molecular weight is 311 g/mol. The largest absolute Gasteiger partial charge is 0.416 e. The number of benzene rings is 2. The Morgan fingerprint density at radius 2 is 1.71 bits per heavy atom. The van der Waals surface area contributed by atoms with Crippen LogP contribution in [0.1, 0.15) is 16.7 Å². The van der Waals surface area contributed by atoms with Crippen LogP contribution in [0, 0.1) is 0 Å². The van der Waals surface area contributed by atoms with Gasteiger partial charge in [-0.15, -0.1) is 11.8 Å². The van der Waals surface area contributed by atoms with E-state index in [2.05, 4.69) is 5.32 Å². The number of alkyl halides is 3. The first kappa shape index (κ1) is 15.9. The molecule has 0 spiro atoms. The van der Waals surface area contributed by atoms with Gasteiger partial charge in [0.15, 0.2) is 0 Å². The molecule has 0 bridgehead atoms. The third kappa shape index (κ3) is 4.79. The van der Waals surface area contributed by atoms with Crippen LogP contribution in [0.3, 0.4) is 0 Å². The monoisotopic (exact) mass is 311 g/mol. The Morgan fingerprint density at radius 3 is 2.33 bits per heavy atom. The molecule has 2 aromatic carbocycles. The lowest BCUT2D eigenvalue weighted by Gasteiger charge is -2.09. The number of hydrogen-bond donors (Lipinski definition) is 1. The molecule has 0 fully saturated rings. The summed E-state index contributed by atoms with van der Waals surface area (Å²) in [4.78, 5) is 1.05. The molecule has 0 heterocycles. The van der Waals surface area contributed by atoms with Crippen molar-refractivity contribution in [3.8, 4) is 0 Å². The Balaban J connectivity index is 1.99. The van der Waals surface area contributed by atoms with Gasteiger partial charge in [-0.1, -0.05) is 30.3 Å². The van der Waals surface area contributed by atoms with E-state index in [0.717, 1.165) is 17.5 Å². The maximum atomic E-state index is 12.6. The molecule has 0 aliphatic carbocycles. The molecule has 0 unspecified atom stereocenters. The number of nitrogens with one attached hydrogen (secondary N) is 1. The highest BCUT2D eigenvalue weighted by Gasteiger charge is 2.30. The molecule has 2 rings (SSSR count). The van der Waals surface area contributed by atoms with Crippen LogP contribution < -0.4 is 5.32 Å². The highest BCUT2D eigenvalue weighted by atomic mass is 32.2. The van der Waals surface area contributed by atoms with Gasteiger partial charge in [-0.3, -0.25) is 0 Å². The van der Waals surface area contributed by atoms with Gasteiger partial charge in [-0.2, -0.15) is 13.2 Å². The van der Waals surface area contributed by atoms with Crippen molar-refractivity contribution < 1.29 is 13.2 Å². The van der Waals surface area contributed by atoms with Gasteiger partial charge < -0.3 is 5.32 Å². The molecule has 2 aromatic rings. The van der Waals surface area contributed by atoms with Crippen LogP contribution in [-0.4, -0.2) is 7.05 Å². The normalized spacial score (nSPS) is 11.6. The molecule has 0 aliphatic rings. The van der Waals surface area contributed by atoms with Crippen LogP contribution in [0.25, 0.3) is 0 Å². The average Bonchev–Trinajstić information content (AvgIpc) is 2.46. The summed E-state index contributed by atoms with van der Waals surface area (Å²) in [5.41, 5.74) is 1.26. The van der Waals surface area contributed by atoms with Gasteiger partial charge in [0, 0.05) is 17.2 Å². The zero-order valence-electron chi connectivity index (χ0n) is 11.6. The topological polar surface area (TPSA) is 12.0 Å². The lowest BCUT2D eigenvalue weighted by Crippen LogP contribution is -2.05. The number of thioether (sulfide) groups is 1. The molecule has 1 N–H and O–H groups in total. The second kappa shape index (κ2) is 7.00. The first-order valence-electron chi connectivity index (χ1n) is 6.51. The van der Waals surface area contributed by atoms with E-state index in [0.29, 0.717) is 11.3 Å². The van der Waals surface area contributed by atoms with Crippen LogP contribution in [-0.2, 0) is 18.5 Å². The van der Waals surface area contributed by atoms with Crippen molar-refractivity contribution in [2.24, 2.45) is 0 Å². The molecular formula is C16H16F3NS. The third-order valence-corrected chi connectivity index (χ3v) is 4.05. The highest BCUT2D eigenvalue weighted by molar-refractivity contribution is 7.98. The molecule has 0 saturated carbocycles. The SMILES string of the molecule is CNCc1ccc(SCc2cccc(C(F)(F)F)c2)cc1. The fourth-order valence-electron chi connectivity index (χ4n) is 1.91. The van der Waals surface area contributed by atoms with Crippen LogP contribution >= 0.6 is 11.8 Å². The van der Waals surface area contributed by atoms with Gasteiger partial charge >= 0.3 is 6.18 Å². The maximum Gasteiger partial charge on any atom is 0.416 e. The van der Waals surface area contributed by atoms with Crippen molar-refractivity contribution in [3.63, 3.8) is 0 Å². The van der Waals surface area contributed by atoms with Crippen molar-refractivity contribution in [1.29, 1.82) is 0 Å². The van der Waals surface area contributed by atoms with Gasteiger partial charge in [0.1, 0.15) is 0 Å². The second-order valence-corrected chi connectivity index (χ2v) is 5.71. The van der Waals surface area contributed by atoms with E-state index in [1.54, 1.807) is 6.07 Å². The van der Waals surface area contributed by atoms with Gasteiger partial charge in [-0.05, 0) is 36.4 Å². The van der Waals surface area contributed by atoms with Crippen LogP contribution in [0.15, 0.2) is 53.4 Å². The number of rotatable bonds is 5. The zero-order valence-corrected chi connectivity index (χ0v) is 12.4. The standard InChI is InChI=1S/C16H16F3NS/c1-20-10-12-5-7-15(8-6-12)21-11-13-3-2-4-14(9-13)16(17,18)19/h2-9,20H,10-11H2,1H3. The molecular weight excluding hydrogens is 295 g/mol. The summed E-state index contributed by atoms with van der Waals surface area (Å²) in [6, 6.07) is 13.5. The van der Waals surface area contributed by atoms with Crippen LogP contribution in [0.5, 0.6) is 0 Å². The smallest absolute Gasteiger partial charge is 0.316 e. The summed E-state index contributed by atoms with van der Waals surface area (Å²) in [5, 5.41) is 3.07. The van der Waals surface area contributed by atoms with E-state index in [-0.39, 0.29) is 0 Å². The minimum atomic E-state index is -4.28. The number of halogens is 3. The first-order chi connectivity index (χ1) is 9.99. The van der Waals surface area contributed by atoms with Gasteiger partial charge in [0.2, 0.25) is 0 Å². The maximum absolute atomic E-state index is 12.6. The summed E-state index contributed by atoms with van der Waals surface area (Å²) >= 11 is 1.53. The van der Waals surface area contributed by atoms with E-state index >= 15 is 0 Å². The summed E-state index contributed by atoms with van der Waals surface area (Å²) in [6.45, 7) is 0.804. The summed E-state index contributed by atoms with van der Waals surface area (Å²) in [5.74, 6) is 0.523. The lowest BCUT2D eigenvalue weighted by molar-refractivity contribution is -0.137. The fourth-order valence-corrected chi connectivity index (χ4v) is 2.75. The van der Waals surface area contributed by atoms with E-state index in [9.17, 15) is 13.2 Å². The third-order valence-electron chi connectivity index (χ3n) is 2.96. The van der Waals surface area contributed by atoms with Gasteiger partial charge in [0.05, 0.1) is 5.56 Å². The Labute approximate surface area is 126 Å². The van der Waals surface area contributed by atoms with Crippen molar-refractivity contribution >= 4 is 11.8 Å². The Morgan fingerprint density at radius 1 is 1.00 bits per heavy atom. The minimum absolute atomic E-state index is 0.523. The fraction of sp³-hybridized carbons (Fsp3) is 0.250. The van der Waals surface area contributed by atoms with E-state index < -0.39 is 11.7 Å². The second-order valence-electron chi connectivity index (χ2n) is 4.66. The van der Waals surface area contributed by atoms with Crippen LogP contribution in [0.2, 0.25) is 0 Å². The predicted molar refractivity (Wildman–Crippen MR) is 80.2 cm³/mol. The summed E-state index contributed by atoms with van der Waals surface area (Å²) in [6.07, 6.45) is -4.28. The van der Waals surface area contributed by atoms with Crippen molar-refractivity contribution in [1.82, 2.24) is 5.32 Å². The molecule has 1 nitrogen and oxygen atoms in total. The van der Waals surface area contributed by atoms with Gasteiger partial charge in [-0.25, -0.2) is 0 Å². The Kier molecular flexibility index (Phi) is 5.31. The highest BCUT2D eigenvalue weighted by Crippen LogP contribution is 2.31. The van der Waals surface area contributed by atoms with Gasteiger partial charge in [0.25, 0.3) is 0 Å². The van der Waals surface area contributed by atoms with E-state index in [4.69, 9.17) is 0 Å². The van der Waals surface area contributed by atoms with Crippen molar-refractivity contribution in [2.45, 2.75) is 23.4 Å². The summed E-state index contributed by atoms with van der Waals surface area (Å²) in [7, 11) is 1.89. The Bertz CT molecular complexity index is 579. The van der Waals surface area contributed by atoms with Crippen LogP contribution in [0.4, 0.5) is 13.2 Å². The van der Waals surface area contributed by atoms with E-state index in [1.165, 1.54) is 29.5 Å². The molecule has 0 amide bonds. The van der Waals surface area contributed by atoms with E-state index in [1.807, 2.05) is 31.3 Å². The van der Waals surface area contributed by atoms with Crippen molar-refractivity contribution in [3.05, 3.63) is 65.2 Å². The molecule has 0 atom stereocenters. The molecule has 112 valence electrons. The quantitative estimate of drug-likeness (QED) is 0.802. The first-order valence-corrected chi connectivity index (χ1v) is 7.50. The molecule has 0 aliphatic heterocycles. The number of hydrogen-bond acceptors (Lipinski definition) is 2. The molecule has 21 heavy (non-hydrogen) atoms. The molecule has 0 aromatic heterocycles. The minimum Gasteiger partial charge on any atom is -0.316 e. The van der Waals surface area contributed by atoms with Crippen molar-refractivity contribution in [2.75, 3.05) is 7.05 Å².